The topological polar surface area (TPSA) is 27.1 Å². The van der Waals surface area contributed by atoms with Crippen LogP contribution in [0, 0.1) is 5.41 Å². The van der Waals surface area contributed by atoms with E-state index in [0.29, 0.717) is 23.9 Å². The van der Waals surface area contributed by atoms with Gasteiger partial charge in [-0.25, -0.2) is 4.98 Å². The summed E-state index contributed by atoms with van der Waals surface area (Å²) in [5, 5.41) is 0. The molecule has 0 amide bonds. The van der Waals surface area contributed by atoms with Crippen molar-refractivity contribution in [1.29, 1.82) is 0 Å². The third-order valence-corrected chi connectivity index (χ3v) is 4.72. The minimum absolute atomic E-state index is 0.405. The normalized spacial score (nSPS) is 21.0. The third kappa shape index (κ3) is 2.64. The van der Waals surface area contributed by atoms with Gasteiger partial charge in [-0.1, -0.05) is 19.9 Å². The Kier molecular flexibility index (Phi) is 3.87. The number of para-hydroxylation sites is 1. The first-order valence-electron chi connectivity index (χ1n) is 7.74. The van der Waals surface area contributed by atoms with Gasteiger partial charge < -0.3 is 9.30 Å². The predicted octanol–water partition coefficient (Wildman–Crippen LogP) is 4.93. The molecule has 0 spiro atoms. The summed E-state index contributed by atoms with van der Waals surface area (Å²) in [6.07, 6.45) is 3.63. The third-order valence-electron chi connectivity index (χ3n) is 4.48. The molecular weight excluding hydrogens is 284 g/mol. The monoisotopic (exact) mass is 306 g/mol. The molecule has 1 fully saturated rings. The van der Waals surface area contributed by atoms with E-state index in [4.69, 9.17) is 21.3 Å². The van der Waals surface area contributed by atoms with Gasteiger partial charge in [0.2, 0.25) is 0 Å². The highest BCUT2D eigenvalue weighted by Gasteiger charge is 2.33. The predicted molar refractivity (Wildman–Crippen MR) is 87.1 cm³/mol. The number of benzene rings is 1. The summed E-state index contributed by atoms with van der Waals surface area (Å²) in [5.74, 6) is 2.26. The number of hydrogen-bond acceptors (Lipinski definition) is 2. The molecule has 0 radical (unpaired) electrons. The van der Waals surface area contributed by atoms with Crippen LogP contribution in [-0.2, 0) is 5.88 Å². The van der Waals surface area contributed by atoms with Gasteiger partial charge >= 0.3 is 0 Å². The Morgan fingerprint density at radius 1 is 1.43 bits per heavy atom. The quantitative estimate of drug-likeness (QED) is 0.749. The van der Waals surface area contributed by atoms with Crippen molar-refractivity contribution in [3.05, 3.63) is 24.0 Å². The molecule has 0 bridgehead atoms. The second-order valence-electron chi connectivity index (χ2n) is 6.65. The second kappa shape index (κ2) is 5.53. The van der Waals surface area contributed by atoms with Gasteiger partial charge in [-0.15, -0.1) is 11.6 Å². The van der Waals surface area contributed by atoms with Gasteiger partial charge in [-0.2, -0.15) is 0 Å². The van der Waals surface area contributed by atoms with Crippen LogP contribution < -0.4 is 4.74 Å². The summed E-state index contributed by atoms with van der Waals surface area (Å²) in [6, 6.07) is 6.66. The summed E-state index contributed by atoms with van der Waals surface area (Å²) in [4.78, 5) is 4.75. The lowest BCUT2D eigenvalue weighted by molar-refractivity contribution is 0.343. The number of ether oxygens (including phenoxy) is 1. The van der Waals surface area contributed by atoms with Crippen molar-refractivity contribution in [2.45, 2.75) is 52.0 Å². The molecule has 1 aliphatic rings. The number of imidazole rings is 1. The van der Waals surface area contributed by atoms with Gasteiger partial charge in [0.25, 0.3) is 0 Å². The Balaban J connectivity index is 2.11. The molecule has 21 heavy (non-hydrogen) atoms. The lowest BCUT2D eigenvalue weighted by Gasteiger charge is -2.20. The Morgan fingerprint density at radius 2 is 2.24 bits per heavy atom. The van der Waals surface area contributed by atoms with E-state index in [1.807, 2.05) is 19.1 Å². The number of hydrogen-bond donors (Lipinski definition) is 0. The molecule has 1 unspecified atom stereocenters. The zero-order chi connectivity index (χ0) is 15.0. The highest BCUT2D eigenvalue weighted by Crippen LogP contribution is 2.45. The van der Waals surface area contributed by atoms with Gasteiger partial charge in [0.1, 0.15) is 17.1 Å². The minimum atomic E-state index is 0.405. The van der Waals surface area contributed by atoms with Crippen LogP contribution in [0.15, 0.2) is 18.2 Å². The molecule has 1 aromatic carbocycles. The number of nitrogens with zero attached hydrogens (tertiary/aromatic N) is 2. The molecule has 1 aromatic heterocycles. The molecule has 3 rings (SSSR count). The van der Waals surface area contributed by atoms with Crippen LogP contribution in [0.1, 0.15) is 51.9 Å². The molecule has 1 aliphatic carbocycles. The number of rotatable bonds is 4. The van der Waals surface area contributed by atoms with Gasteiger partial charge in [-0.05, 0) is 43.7 Å². The van der Waals surface area contributed by atoms with Crippen LogP contribution in [0.5, 0.6) is 5.75 Å². The van der Waals surface area contributed by atoms with Crippen molar-refractivity contribution >= 4 is 22.6 Å². The molecule has 3 nitrogen and oxygen atoms in total. The summed E-state index contributed by atoms with van der Waals surface area (Å²) in [6.45, 7) is 7.34. The summed E-state index contributed by atoms with van der Waals surface area (Å²) in [7, 11) is 0. The Bertz CT molecular complexity index is 648. The molecule has 1 heterocycles. The number of halogens is 1. The maximum Gasteiger partial charge on any atom is 0.147 e. The molecule has 1 atom stereocenters. The average molecular weight is 307 g/mol. The van der Waals surface area contributed by atoms with E-state index in [1.165, 1.54) is 19.3 Å². The molecule has 0 aliphatic heterocycles. The van der Waals surface area contributed by atoms with Crippen molar-refractivity contribution in [3.8, 4) is 5.75 Å². The Hall–Kier alpha value is -1.22. The maximum atomic E-state index is 6.16. The Morgan fingerprint density at radius 3 is 2.86 bits per heavy atom. The smallest absolute Gasteiger partial charge is 0.147 e. The minimum Gasteiger partial charge on any atom is -0.492 e. The van der Waals surface area contributed by atoms with Crippen LogP contribution in [0.25, 0.3) is 11.0 Å². The summed E-state index contributed by atoms with van der Waals surface area (Å²) < 4.78 is 8.06. The fourth-order valence-electron chi connectivity index (χ4n) is 3.53. The molecular formula is C17H23ClN2O. The average Bonchev–Trinajstić information content (AvgIpc) is 2.99. The maximum absolute atomic E-state index is 6.16. The first-order chi connectivity index (χ1) is 10.1. The van der Waals surface area contributed by atoms with E-state index < -0.39 is 0 Å². The van der Waals surface area contributed by atoms with Crippen molar-refractivity contribution in [1.82, 2.24) is 9.55 Å². The SMILES string of the molecule is CCOc1cccc2c1nc(CCl)n2C1CCC(C)(C)C1. The highest BCUT2D eigenvalue weighted by atomic mass is 35.5. The zero-order valence-corrected chi connectivity index (χ0v) is 13.8. The van der Waals surface area contributed by atoms with Gasteiger partial charge in [0.15, 0.2) is 0 Å². The highest BCUT2D eigenvalue weighted by molar-refractivity contribution is 6.16. The van der Waals surface area contributed by atoms with E-state index >= 15 is 0 Å². The standard InChI is InChI=1S/C17H23ClN2O/c1-4-21-14-7-5-6-13-16(14)19-15(11-18)20(13)12-8-9-17(2,3)10-12/h5-7,12H,4,8-11H2,1-3H3. The van der Waals surface area contributed by atoms with Crippen molar-refractivity contribution in [2.75, 3.05) is 6.61 Å². The van der Waals surface area contributed by atoms with E-state index in [2.05, 4.69) is 24.5 Å². The van der Waals surface area contributed by atoms with Gasteiger partial charge in [0.05, 0.1) is 18.0 Å². The van der Waals surface area contributed by atoms with E-state index in [-0.39, 0.29) is 0 Å². The van der Waals surface area contributed by atoms with E-state index in [1.54, 1.807) is 0 Å². The fraction of sp³-hybridized carbons (Fsp3) is 0.588. The second-order valence-corrected chi connectivity index (χ2v) is 6.92. The van der Waals surface area contributed by atoms with E-state index in [0.717, 1.165) is 22.6 Å². The molecule has 1 saturated carbocycles. The van der Waals surface area contributed by atoms with Crippen molar-refractivity contribution in [2.24, 2.45) is 5.41 Å². The molecule has 114 valence electrons. The lowest BCUT2D eigenvalue weighted by atomic mass is 9.92. The zero-order valence-electron chi connectivity index (χ0n) is 13.0. The number of fused-ring (bicyclic) bond motifs is 1. The van der Waals surface area contributed by atoms with Crippen LogP contribution in [0.2, 0.25) is 0 Å². The van der Waals surface area contributed by atoms with Gasteiger partial charge in [0, 0.05) is 6.04 Å². The lowest BCUT2D eigenvalue weighted by Crippen LogP contribution is -2.11. The number of alkyl halides is 1. The van der Waals surface area contributed by atoms with Crippen molar-refractivity contribution < 1.29 is 4.74 Å². The summed E-state index contributed by atoms with van der Waals surface area (Å²) in [5.41, 5.74) is 2.50. The fourth-order valence-corrected chi connectivity index (χ4v) is 3.72. The van der Waals surface area contributed by atoms with Crippen LogP contribution >= 0.6 is 11.6 Å². The molecule has 0 saturated heterocycles. The first-order valence-corrected chi connectivity index (χ1v) is 8.28. The van der Waals surface area contributed by atoms with Gasteiger partial charge in [-0.3, -0.25) is 0 Å². The van der Waals surface area contributed by atoms with Crippen LogP contribution in [0.3, 0.4) is 0 Å². The molecule has 0 N–H and O–H groups in total. The molecule has 2 aromatic rings. The van der Waals surface area contributed by atoms with Crippen LogP contribution in [0.4, 0.5) is 0 Å². The van der Waals surface area contributed by atoms with Crippen molar-refractivity contribution in [3.63, 3.8) is 0 Å². The summed E-state index contributed by atoms with van der Waals surface area (Å²) >= 11 is 6.16. The number of aromatic nitrogens is 2. The van der Waals surface area contributed by atoms with Crippen LogP contribution in [-0.4, -0.2) is 16.2 Å². The largest absolute Gasteiger partial charge is 0.492 e. The van der Waals surface area contributed by atoms with E-state index in [9.17, 15) is 0 Å². The Labute approximate surface area is 131 Å². The molecule has 4 heteroatoms. The first kappa shape index (κ1) is 14.7.